The summed E-state index contributed by atoms with van der Waals surface area (Å²) in [6.45, 7) is 2.92. The van der Waals surface area contributed by atoms with Crippen LogP contribution in [0.3, 0.4) is 0 Å². The van der Waals surface area contributed by atoms with Gasteiger partial charge in [-0.25, -0.2) is 4.39 Å². The first-order valence-corrected chi connectivity index (χ1v) is 10.7. The highest BCUT2D eigenvalue weighted by Crippen LogP contribution is 2.48. The van der Waals surface area contributed by atoms with Gasteiger partial charge in [0.1, 0.15) is 26.9 Å². The van der Waals surface area contributed by atoms with Crippen molar-refractivity contribution in [2.24, 2.45) is 0 Å². The molecule has 1 aliphatic heterocycles. The number of hydrogen-bond acceptors (Lipinski definition) is 7. The summed E-state index contributed by atoms with van der Waals surface area (Å²) in [5, 5.41) is 20.1. The summed E-state index contributed by atoms with van der Waals surface area (Å²) >= 11 is 1.10. The van der Waals surface area contributed by atoms with Gasteiger partial charge in [0.05, 0.1) is 18.0 Å². The number of nitrogens with zero attached hydrogens (tertiary/aromatic N) is 4. The van der Waals surface area contributed by atoms with Crippen molar-refractivity contribution in [2.45, 2.75) is 18.9 Å². The number of methoxy groups -OCH3 is 1. The summed E-state index contributed by atoms with van der Waals surface area (Å²) < 4.78 is 23.0. The number of likely N-dealkylation sites (N-methyl/N-ethyl adjacent to an activating group) is 1. The van der Waals surface area contributed by atoms with Gasteiger partial charge < -0.3 is 24.2 Å². The Balaban J connectivity index is 1.90. The zero-order chi connectivity index (χ0) is 21.2. The smallest absolute Gasteiger partial charge is 0.202 e. The number of aromatic hydroxyl groups is 1. The first-order chi connectivity index (χ1) is 14.5. The molecule has 156 valence electrons. The predicted molar refractivity (Wildman–Crippen MR) is 114 cm³/mol. The van der Waals surface area contributed by atoms with E-state index in [2.05, 4.69) is 4.90 Å². The second kappa shape index (κ2) is 6.86. The fourth-order valence-corrected chi connectivity index (χ4v) is 5.38. The summed E-state index contributed by atoms with van der Waals surface area (Å²) in [5.74, 6) is -0.494. The van der Waals surface area contributed by atoms with E-state index >= 15 is 4.39 Å². The van der Waals surface area contributed by atoms with Crippen LogP contribution in [0.4, 0.5) is 10.1 Å². The average Bonchev–Trinajstić information content (AvgIpc) is 3.51. The molecule has 5 rings (SSSR count). The predicted octanol–water partition coefficient (Wildman–Crippen LogP) is 3.03. The van der Waals surface area contributed by atoms with Crippen molar-refractivity contribution in [3.8, 4) is 17.6 Å². The van der Waals surface area contributed by atoms with Crippen molar-refractivity contribution in [3.05, 3.63) is 27.0 Å². The highest BCUT2D eigenvalue weighted by atomic mass is 32.1. The molecule has 1 saturated heterocycles. The maximum atomic E-state index is 15.4. The van der Waals surface area contributed by atoms with Gasteiger partial charge in [0.25, 0.3) is 0 Å². The van der Waals surface area contributed by atoms with Crippen molar-refractivity contribution in [2.75, 3.05) is 45.2 Å². The van der Waals surface area contributed by atoms with Crippen LogP contribution in [0.1, 0.15) is 23.8 Å². The van der Waals surface area contributed by atoms with E-state index in [0.29, 0.717) is 34.9 Å². The van der Waals surface area contributed by atoms with E-state index in [9.17, 15) is 15.2 Å². The number of ether oxygens (including phenoxy) is 1. The molecule has 1 saturated carbocycles. The van der Waals surface area contributed by atoms with Crippen molar-refractivity contribution >= 4 is 38.1 Å². The van der Waals surface area contributed by atoms with Crippen molar-refractivity contribution in [3.63, 3.8) is 0 Å². The molecule has 0 unspecified atom stereocenters. The van der Waals surface area contributed by atoms with Gasteiger partial charge >= 0.3 is 0 Å². The number of anilines is 1. The van der Waals surface area contributed by atoms with Crippen molar-refractivity contribution in [1.82, 2.24) is 9.47 Å². The molecule has 30 heavy (non-hydrogen) atoms. The molecule has 0 amide bonds. The van der Waals surface area contributed by atoms with Gasteiger partial charge in [0, 0.05) is 32.2 Å². The van der Waals surface area contributed by atoms with Gasteiger partial charge in [-0.05, 0) is 26.0 Å². The van der Waals surface area contributed by atoms with Gasteiger partial charge in [0.2, 0.25) is 5.43 Å². The van der Waals surface area contributed by atoms with E-state index in [0.717, 1.165) is 37.3 Å². The topological polar surface area (TPSA) is 81.7 Å². The SMILES string of the molecule is COc1c(N2CCN(C)CC2)c(F)cc2c(=O)c3c(O)c(C#N)sc3n(C3CC3)c12. The summed E-state index contributed by atoms with van der Waals surface area (Å²) in [6.07, 6.45) is 1.83. The molecule has 1 N–H and O–H groups in total. The highest BCUT2D eigenvalue weighted by Gasteiger charge is 2.33. The fourth-order valence-electron chi connectivity index (χ4n) is 4.31. The van der Waals surface area contributed by atoms with E-state index < -0.39 is 11.2 Å². The molecule has 2 fully saturated rings. The maximum Gasteiger partial charge on any atom is 0.202 e. The van der Waals surface area contributed by atoms with E-state index in [1.165, 1.54) is 13.2 Å². The van der Waals surface area contributed by atoms with E-state index in [1.807, 2.05) is 22.6 Å². The van der Waals surface area contributed by atoms with Gasteiger partial charge in [-0.1, -0.05) is 0 Å². The van der Waals surface area contributed by atoms with E-state index in [1.54, 1.807) is 0 Å². The van der Waals surface area contributed by atoms with Gasteiger partial charge in [0.15, 0.2) is 17.3 Å². The molecule has 0 atom stereocenters. The normalized spacial score (nSPS) is 17.6. The lowest BCUT2D eigenvalue weighted by atomic mass is 10.1. The molecule has 3 aromatic rings. The Morgan fingerprint density at radius 1 is 1.30 bits per heavy atom. The number of rotatable bonds is 3. The Morgan fingerprint density at radius 2 is 2.00 bits per heavy atom. The number of pyridine rings is 1. The number of benzene rings is 1. The fraction of sp³-hybridized carbons (Fsp3) is 0.429. The number of halogens is 1. The molecule has 9 heteroatoms. The van der Waals surface area contributed by atoms with Crippen LogP contribution in [0.5, 0.6) is 11.5 Å². The number of nitriles is 1. The standard InChI is InChI=1S/C21H21FN4O3S/c1-24-5-7-25(8-6-24)17-13(22)9-12-16(20(17)29-2)26(11-3-4-11)21-15(18(12)27)19(28)14(10-23)30-21/h9,11,28H,3-8H2,1-2H3. The Kier molecular flexibility index (Phi) is 4.38. The molecular formula is C21H21FN4O3S. The van der Waals surface area contributed by atoms with Crippen molar-refractivity contribution < 1.29 is 14.2 Å². The summed E-state index contributed by atoms with van der Waals surface area (Å²) in [6, 6.07) is 3.34. The number of hydrogen-bond donors (Lipinski definition) is 1. The average molecular weight is 428 g/mol. The molecule has 1 aliphatic carbocycles. The van der Waals surface area contributed by atoms with Gasteiger partial charge in [-0.15, -0.1) is 11.3 Å². The molecule has 2 aromatic heterocycles. The third kappa shape index (κ3) is 2.67. The summed E-state index contributed by atoms with van der Waals surface area (Å²) in [7, 11) is 3.52. The quantitative estimate of drug-likeness (QED) is 0.691. The number of fused-ring (bicyclic) bond motifs is 2. The lowest BCUT2D eigenvalue weighted by Gasteiger charge is -2.35. The van der Waals surface area contributed by atoms with E-state index in [-0.39, 0.29) is 27.4 Å². The Labute approximate surface area is 176 Å². The van der Waals surface area contributed by atoms with E-state index in [4.69, 9.17) is 4.74 Å². The van der Waals surface area contributed by atoms with Crippen molar-refractivity contribution in [1.29, 1.82) is 5.26 Å². The lowest BCUT2D eigenvalue weighted by Crippen LogP contribution is -2.45. The van der Waals surface area contributed by atoms with Gasteiger partial charge in [-0.2, -0.15) is 5.26 Å². The molecular weight excluding hydrogens is 407 g/mol. The number of piperazine rings is 1. The van der Waals surface area contributed by atoms with Crippen LogP contribution in [-0.4, -0.2) is 54.9 Å². The Morgan fingerprint density at radius 3 is 2.60 bits per heavy atom. The Hall–Kier alpha value is -2.83. The maximum absolute atomic E-state index is 15.4. The minimum Gasteiger partial charge on any atom is -0.505 e. The summed E-state index contributed by atoms with van der Waals surface area (Å²) in [4.78, 5) is 18.0. The first kappa shape index (κ1) is 19.2. The van der Waals surface area contributed by atoms with Crippen LogP contribution in [-0.2, 0) is 0 Å². The zero-order valence-corrected chi connectivity index (χ0v) is 17.6. The molecule has 0 bridgehead atoms. The monoisotopic (exact) mass is 428 g/mol. The molecule has 7 nitrogen and oxygen atoms in total. The molecule has 0 radical (unpaired) electrons. The Bertz CT molecular complexity index is 1280. The van der Waals surface area contributed by atoms with Crippen LogP contribution >= 0.6 is 11.3 Å². The molecule has 2 aliphatic rings. The zero-order valence-electron chi connectivity index (χ0n) is 16.7. The minimum absolute atomic E-state index is 0.0877. The second-order valence-electron chi connectivity index (χ2n) is 7.93. The summed E-state index contributed by atoms with van der Waals surface area (Å²) in [5.41, 5.74) is 0.431. The largest absolute Gasteiger partial charge is 0.505 e. The third-order valence-corrected chi connectivity index (χ3v) is 7.10. The van der Waals surface area contributed by atoms with Crippen LogP contribution in [0.15, 0.2) is 10.9 Å². The lowest BCUT2D eigenvalue weighted by molar-refractivity contribution is 0.309. The van der Waals surface area contributed by atoms with Crippen LogP contribution < -0.4 is 15.1 Å². The number of thiophene rings is 1. The van der Waals surface area contributed by atoms with Crippen LogP contribution in [0.25, 0.3) is 21.1 Å². The molecule has 1 aromatic carbocycles. The second-order valence-corrected chi connectivity index (χ2v) is 8.93. The third-order valence-electron chi connectivity index (χ3n) is 6.02. The van der Waals surface area contributed by atoms with Crippen LogP contribution in [0, 0.1) is 17.1 Å². The molecule has 3 heterocycles. The number of aromatic nitrogens is 1. The van der Waals surface area contributed by atoms with Crippen LogP contribution in [0.2, 0.25) is 0 Å². The first-order valence-electron chi connectivity index (χ1n) is 9.90. The minimum atomic E-state index is -0.516. The molecule has 0 spiro atoms. The van der Waals surface area contributed by atoms with Gasteiger partial charge in [-0.3, -0.25) is 4.79 Å². The highest BCUT2D eigenvalue weighted by molar-refractivity contribution is 7.19.